The van der Waals surface area contributed by atoms with Gasteiger partial charge in [-0.2, -0.15) is 15.6 Å². The lowest BCUT2D eigenvalue weighted by Crippen LogP contribution is -2.48. The van der Waals surface area contributed by atoms with Crippen LogP contribution in [-0.2, 0) is 11.2 Å². The second-order valence-corrected chi connectivity index (χ2v) is 8.36. The first-order valence-corrected chi connectivity index (χ1v) is 11.3. The van der Waals surface area contributed by atoms with Gasteiger partial charge in [0.2, 0.25) is 0 Å². The molecule has 0 atom stereocenters. The molecule has 9 heteroatoms. The van der Waals surface area contributed by atoms with Gasteiger partial charge in [0.15, 0.2) is 5.69 Å². The minimum atomic E-state index is -0.448. The Kier molecular flexibility index (Phi) is 7.24. The molecule has 4 rings (SSSR count). The molecule has 172 valence electrons. The molecule has 1 saturated heterocycles. The Labute approximate surface area is 202 Å². The Morgan fingerprint density at radius 3 is 2.56 bits per heavy atom. The fourth-order valence-electron chi connectivity index (χ4n) is 3.88. The number of aryl methyl sites for hydroxylation is 2. The number of halogens is 1. The van der Waals surface area contributed by atoms with E-state index in [1.165, 1.54) is 0 Å². The van der Waals surface area contributed by atoms with Gasteiger partial charge in [-0.15, -0.1) is 0 Å². The van der Waals surface area contributed by atoms with Crippen molar-refractivity contribution in [3.05, 3.63) is 69.9 Å². The molecule has 1 fully saturated rings. The maximum Gasteiger partial charge on any atom is 0.287 e. The van der Waals surface area contributed by atoms with Gasteiger partial charge in [-0.1, -0.05) is 35.9 Å². The molecule has 1 N–H and O–H groups in total. The van der Waals surface area contributed by atoms with Crippen LogP contribution in [0.15, 0.2) is 42.5 Å². The Morgan fingerprint density at radius 2 is 1.91 bits per heavy atom. The molecule has 0 aliphatic carbocycles. The third-order valence-electron chi connectivity index (χ3n) is 5.62. The van der Waals surface area contributed by atoms with E-state index in [0.717, 1.165) is 22.4 Å². The number of hydrogen-bond donors (Lipinski definition) is 1. The number of carbonyl (C=O) groups excluding carboxylic acids is 1. The molecule has 2 aromatic carbocycles. The van der Waals surface area contributed by atoms with E-state index >= 15 is 0 Å². The summed E-state index contributed by atoms with van der Waals surface area (Å²) in [6, 6.07) is 17.3. The van der Waals surface area contributed by atoms with Crippen molar-refractivity contribution in [3.63, 3.8) is 0 Å². The molecule has 1 aliphatic heterocycles. The summed E-state index contributed by atoms with van der Waals surface area (Å²) in [6.45, 7) is 4.06. The Hall–Kier alpha value is -3.69. The van der Waals surface area contributed by atoms with E-state index in [1.54, 1.807) is 15.8 Å². The largest absolute Gasteiger partial charge is 0.379 e. The van der Waals surface area contributed by atoms with Crippen LogP contribution in [0.2, 0.25) is 5.02 Å². The highest BCUT2D eigenvalue weighted by Gasteiger charge is 2.27. The zero-order chi connectivity index (χ0) is 24.1. The lowest BCUT2D eigenvalue weighted by atomic mass is 10.0. The van der Waals surface area contributed by atoms with Crippen LogP contribution in [0.1, 0.15) is 33.6 Å². The van der Waals surface area contributed by atoms with Gasteiger partial charge >= 0.3 is 0 Å². The summed E-state index contributed by atoms with van der Waals surface area (Å²) in [5.41, 5.74) is 6.93. The van der Waals surface area contributed by atoms with E-state index in [2.05, 4.69) is 22.7 Å². The molecular weight excluding hydrogens is 452 g/mol. The standard InChI is InChI=1S/C25H23ClN6O2/c1-17-15-20(26)8-9-22(17)32-24(19-6-4-18(5-7-19)3-2-10-27)21(16-28)23(29-32)25(33)30-31-11-13-34-14-12-31/h4-9,15H,2-3,11-14H2,1H3,(H,30,33). The van der Waals surface area contributed by atoms with Gasteiger partial charge in [-0.3, -0.25) is 10.2 Å². The van der Waals surface area contributed by atoms with E-state index in [9.17, 15) is 10.1 Å². The van der Waals surface area contributed by atoms with E-state index in [-0.39, 0.29) is 11.3 Å². The first kappa shape index (κ1) is 23.5. The van der Waals surface area contributed by atoms with Crippen LogP contribution in [-0.4, -0.2) is 47.0 Å². The number of hydrazine groups is 1. The summed E-state index contributed by atoms with van der Waals surface area (Å²) in [6.07, 6.45) is 1.07. The lowest BCUT2D eigenvalue weighted by Gasteiger charge is -2.26. The molecule has 0 bridgehead atoms. The van der Waals surface area contributed by atoms with E-state index in [0.29, 0.717) is 49.9 Å². The number of ether oxygens (including phenoxy) is 1. The number of nitrogens with zero attached hydrogens (tertiary/aromatic N) is 5. The number of benzene rings is 2. The number of amides is 1. The fourth-order valence-corrected chi connectivity index (χ4v) is 4.11. The maximum absolute atomic E-state index is 13.2. The van der Waals surface area contributed by atoms with Gasteiger partial charge in [0.1, 0.15) is 11.6 Å². The predicted molar refractivity (Wildman–Crippen MR) is 127 cm³/mol. The van der Waals surface area contributed by atoms with Gasteiger partial charge in [0, 0.05) is 30.1 Å². The first-order chi connectivity index (χ1) is 16.5. The number of carbonyl (C=O) groups is 1. The summed E-state index contributed by atoms with van der Waals surface area (Å²) in [7, 11) is 0. The number of nitriles is 2. The molecule has 1 aliphatic rings. The highest BCUT2D eigenvalue weighted by Crippen LogP contribution is 2.31. The minimum Gasteiger partial charge on any atom is -0.379 e. The van der Waals surface area contributed by atoms with Crippen LogP contribution < -0.4 is 5.43 Å². The average molecular weight is 475 g/mol. The van der Waals surface area contributed by atoms with Gasteiger partial charge in [-0.25, -0.2) is 9.69 Å². The minimum absolute atomic E-state index is 0.0481. The van der Waals surface area contributed by atoms with Gasteiger partial charge < -0.3 is 4.74 Å². The zero-order valence-corrected chi connectivity index (χ0v) is 19.5. The summed E-state index contributed by atoms with van der Waals surface area (Å²) in [5.74, 6) is -0.448. The average Bonchev–Trinajstić information content (AvgIpc) is 3.23. The number of aromatic nitrogens is 2. The number of hydrogen-bond acceptors (Lipinski definition) is 6. The molecule has 3 aromatic rings. The van der Waals surface area contributed by atoms with Crippen molar-refractivity contribution in [2.24, 2.45) is 0 Å². The summed E-state index contributed by atoms with van der Waals surface area (Å²) >= 11 is 6.16. The van der Waals surface area contributed by atoms with Crippen LogP contribution in [0.5, 0.6) is 0 Å². The van der Waals surface area contributed by atoms with Gasteiger partial charge in [0.25, 0.3) is 5.91 Å². The summed E-state index contributed by atoms with van der Waals surface area (Å²) < 4.78 is 6.96. The maximum atomic E-state index is 13.2. The zero-order valence-electron chi connectivity index (χ0n) is 18.7. The molecular formula is C25H23ClN6O2. The van der Waals surface area contributed by atoms with Crippen molar-refractivity contribution in [2.75, 3.05) is 26.3 Å². The van der Waals surface area contributed by atoms with Crippen LogP contribution in [0.25, 0.3) is 16.9 Å². The molecule has 8 nitrogen and oxygen atoms in total. The first-order valence-electron chi connectivity index (χ1n) is 10.9. The molecule has 0 radical (unpaired) electrons. The molecule has 1 aromatic heterocycles. The molecule has 34 heavy (non-hydrogen) atoms. The third-order valence-corrected chi connectivity index (χ3v) is 5.86. The van der Waals surface area contributed by atoms with Crippen LogP contribution in [0, 0.1) is 29.6 Å². The molecule has 2 heterocycles. The quantitative estimate of drug-likeness (QED) is 0.582. The van der Waals surface area contributed by atoms with Crippen LogP contribution in [0.3, 0.4) is 0 Å². The van der Waals surface area contributed by atoms with Crippen molar-refractivity contribution in [2.45, 2.75) is 19.8 Å². The highest BCUT2D eigenvalue weighted by atomic mass is 35.5. The molecule has 0 unspecified atom stereocenters. The van der Waals surface area contributed by atoms with E-state index in [1.807, 2.05) is 43.3 Å². The van der Waals surface area contributed by atoms with Gasteiger partial charge in [0.05, 0.1) is 30.7 Å². The molecule has 0 saturated carbocycles. The normalized spacial score (nSPS) is 13.8. The number of rotatable bonds is 6. The second-order valence-electron chi connectivity index (χ2n) is 7.92. The SMILES string of the molecule is Cc1cc(Cl)ccc1-n1nc(C(=O)NN2CCOCC2)c(C#N)c1-c1ccc(CCC#N)cc1. The van der Waals surface area contributed by atoms with Crippen molar-refractivity contribution in [1.82, 2.24) is 20.2 Å². The van der Waals surface area contributed by atoms with Gasteiger partial charge in [-0.05, 0) is 42.7 Å². The van der Waals surface area contributed by atoms with E-state index in [4.69, 9.17) is 21.6 Å². The number of nitrogens with one attached hydrogen (secondary N) is 1. The van der Waals surface area contributed by atoms with Crippen LogP contribution >= 0.6 is 11.6 Å². The third kappa shape index (κ3) is 4.95. The highest BCUT2D eigenvalue weighted by molar-refractivity contribution is 6.30. The van der Waals surface area contributed by atoms with Crippen LogP contribution in [0.4, 0.5) is 0 Å². The predicted octanol–water partition coefficient (Wildman–Crippen LogP) is 3.81. The monoisotopic (exact) mass is 474 g/mol. The fraction of sp³-hybridized carbons (Fsp3) is 0.280. The summed E-state index contributed by atoms with van der Waals surface area (Å²) in [5, 5.41) is 25.9. The number of morpholine rings is 1. The van der Waals surface area contributed by atoms with Crippen molar-refractivity contribution in [3.8, 4) is 29.1 Å². The second kappa shape index (κ2) is 10.5. The van der Waals surface area contributed by atoms with E-state index < -0.39 is 5.91 Å². The van der Waals surface area contributed by atoms with Crippen molar-refractivity contribution in [1.29, 1.82) is 10.5 Å². The molecule has 1 amide bonds. The Morgan fingerprint density at radius 1 is 1.18 bits per heavy atom. The smallest absolute Gasteiger partial charge is 0.287 e. The molecule has 0 spiro atoms. The van der Waals surface area contributed by atoms with Crippen molar-refractivity contribution >= 4 is 17.5 Å². The van der Waals surface area contributed by atoms with Crippen molar-refractivity contribution < 1.29 is 9.53 Å². The Bertz CT molecular complexity index is 1280. The summed E-state index contributed by atoms with van der Waals surface area (Å²) in [4.78, 5) is 13.2. The lowest BCUT2D eigenvalue weighted by molar-refractivity contribution is 0.0124. The Balaban J connectivity index is 1.81. The topological polar surface area (TPSA) is 107 Å².